The van der Waals surface area contributed by atoms with E-state index in [0.717, 1.165) is 38.4 Å². The number of carbonyl (C=O) groups excluding carboxylic acids is 2. The van der Waals surface area contributed by atoms with Crippen molar-refractivity contribution in [3.63, 3.8) is 0 Å². The molecule has 2 aliphatic rings. The van der Waals surface area contributed by atoms with Crippen molar-refractivity contribution in [1.29, 1.82) is 0 Å². The van der Waals surface area contributed by atoms with E-state index in [1.165, 1.54) is 5.56 Å². The van der Waals surface area contributed by atoms with Crippen molar-refractivity contribution in [3.8, 4) is 0 Å². The summed E-state index contributed by atoms with van der Waals surface area (Å²) in [6, 6.07) is 8.11. The van der Waals surface area contributed by atoms with Crippen LogP contribution in [0.15, 0.2) is 24.3 Å². The molecule has 2 saturated heterocycles. The van der Waals surface area contributed by atoms with Gasteiger partial charge in [0.25, 0.3) is 0 Å². The lowest BCUT2D eigenvalue weighted by atomic mass is 10.1. The summed E-state index contributed by atoms with van der Waals surface area (Å²) in [6.07, 6.45) is 0.322. The SMILES string of the molecule is Cc1ccc(CNC(=O)[C@H]2CC(=O)N(CCN3CCOCC3)C2)cc1. The van der Waals surface area contributed by atoms with E-state index < -0.39 is 0 Å². The van der Waals surface area contributed by atoms with Crippen molar-refractivity contribution in [2.24, 2.45) is 5.92 Å². The quantitative estimate of drug-likeness (QED) is 0.828. The number of amides is 2. The molecule has 2 heterocycles. The van der Waals surface area contributed by atoms with Gasteiger partial charge < -0.3 is 15.0 Å². The number of nitrogens with one attached hydrogen (secondary N) is 1. The molecule has 2 fully saturated rings. The van der Waals surface area contributed by atoms with E-state index in [-0.39, 0.29) is 17.7 Å². The molecule has 0 spiro atoms. The molecule has 6 heteroatoms. The molecule has 6 nitrogen and oxygen atoms in total. The van der Waals surface area contributed by atoms with Gasteiger partial charge in [-0.1, -0.05) is 29.8 Å². The standard InChI is InChI=1S/C19H27N3O3/c1-15-2-4-16(5-3-15)13-20-19(24)17-12-18(23)22(14-17)7-6-21-8-10-25-11-9-21/h2-5,17H,6-14H2,1H3,(H,20,24)/t17-/m0/s1. The third-order valence-corrected chi connectivity index (χ3v) is 4.96. The number of morpholine rings is 1. The average Bonchev–Trinajstić information content (AvgIpc) is 3.01. The summed E-state index contributed by atoms with van der Waals surface area (Å²) in [5.74, 6) is -0.172. The lowest BCUT2D eigenvalue weighted by molar-refractivity contribution is -0.129. The summed E-state index contributed by atoms with van der Waals surface area (Å²) in [7, 11) is 0. The summed E-state index contributed by atoms with van der Waals surface area (Å²) >= 11 is 0. The minimum Gasteiger partial charge on any atom is -0.379 e. The van der Waals surface area contributed by atoms with Gasteiger partial charge in [-0.2, -0.15) is 0 Å². The Hall–Kier alpha value is -1.92. The summed E-state index contributed by atoms with van der Waals surface area (Å²) in [4.78, 5) is 28.7. The van der Waals surface area contributed by atoms with E-state index in [9.17, 15) is 9.59 Å². The minimum atomic E-state index is -0.234. The lowest BCUT2D eigenvalue weighted by Crippen LogP contribution is -2.42. The monoisotopic (exact) mass is 345 g/mol. The number of hydrogen-bond acceptors (Lipinski definition) is 4. The highest BCUT2D eigenvalue weighted by molar-refractivity contribution is 5.89. The van der Waals surface area contributed by atoms with Crippen molar-refractivity contribution in [3.05, 3.63) is 35.4 Å². The van der Waals surface area contributed by atoms with Gasteiger partial charge in [-0.3, -0.25) is 14.5 Å². The van der Waals surface area contributed by atoms with Gasteiger partial charge in [0.1, 0.15) is 0 Å². The largest absolute Gasteiger partial charge is 0.379 e. The first-order chi connectivity index (χ1) is 12.1. The van der Waals surface area contributed by atoms with Gasteiger partial charge >= 0.3 is 0 Å². The maximum Gasteiger partial charge on any atom is 0.225 e. The zero-order chi connectivity index (χ0) is 17.6. The number of ether oxygens (including phenoxy) is 1. The predicted octanol–water partition coefficient (Wildman–Crippen LogP) is 0.792. The van der Waals surface area contributed by atoms with Gasteiger partial charge in [0.05, 0.1) is 19.1 Å². The first-order valence-corrected chi connectivity index (χ1v) is 9.03. The first kappa shape index (κ1) is 17.9. The van der Waals surface area contributed by atoms with Crippen LogP contribution in [0.3, 0.4) is 0 Å². The minimum absolute atomic E-state index is 0.0252. The zero-order valence-electron chi connectivity index (χ0n) is 14.9. The Labute approximate surface area is 149 Å². The number of nitrogens with zero attached hydrogens (tertiary/aromatic N) is 2. The fourth-order valence-electron chi connectivity index (χ4n) is 3.29. The molecule has 0 unspecified atom stereocenters. The lowest BCUT2D eigenvalue weighted by Gasteiger charge is -2.28. The van der Waals surface area contributed by atoms with Crippen LogP contribution in [0.2, 0.25) is 0 Å². The molecular weight excluding hydrogens is 318 g/mol. The van der Waals surface area contributed by atoms with Crippen molar-refractivity contribution in [2.45, 2.75) is 19.9 Å². The zero-order valence-corrected chi connectivity index (χ0v) is 14.9. The number of carbonyl (C=O) groups is 2. The van der Waals surface area contributed by atoms with Crippen LogP contribution in [0.25, 0.3) is 0 Å². The van der Waals surface area contributed by atoms with E-state index in [0.29, 0.717) is 26.1 Å². The van der Waals surface area contributed by atoms with E-state index in [1.807, 2.05) is 36.1 Å². The first-order valence-electron chi connectivity index (χ1n) is 9.03. The molecule has 0 aromatic heterocycles. The highest BCUT2D eigenvalue weighted by Gasteiger charge is 2.34. The third kappa shape index (κ3) is 5.03. The third-order valence-electron chi connectivity index (χ3n) is 4.96. The van der Waals surface area contributed by atoms with Crippen LogP contribution in [-0.2, 0) is 20.9 Å². The molecule has 0 aliphatic carbocycles. The van der Waals surface area contributed by atoms with Crippen molar-refractivity contribution < 1.29 is 14.3 Å². The second kappa shape index (κ2) is 8.45. The number of rotatable bonds is 6. The van der Waals surface area contributed by atoms with Crippen LogP contribution in [0.1, 0.15) is 17.5 Å². The van der Waals surface area contributed by atoms with Crippen molar-refractivity contribution in [1.82, 2.24) is 15.1 Å². The highest BCUT2D eigenvalue weighted by Crippen LogP contribution is 2.18. The van der Waals surface area contributed by atoms with Crippen LogP contribution >= 0.6 is 0 Å². The van der Waals surface area contributed by atoms with Crippen LogP contribution in [0, 0.1) is 12.8 Å². The molecule has 1 aromatic carbocycles. The van der Waals surface area contributed by atoms with Gasteiger partial charge in [0, 0.05) is 45.7 Å². The maximum absolute atomic E-state index is 12.4. The Morgan fingerprint density at radius 3 is 2.64 bits per heavy atom. The second-order valence-corrected chi connectivity index (χ2v) is 6.90. The molecule has 2 aliphatic heterocycles. The molecule has 3 rings (SSSR count). The molecule has 1 atom stereocenters. The van der Waals surface area contributed by atoms with E-state index in [2.05, 4.69) is 10.2 Å². The molecule has 136 valence electrons. The van der Waals surface area contributed by atoms with Crippen LogP contribution in [-0.4, -0.2) is 67.6 Å². The average molecular weight is 345 g/mol. The van der Waals surface area contributed by atoms with Crippen LogP contribution in [0.4, 0.5) is 0 Å². The Morgan fingerprint density at radius 2 is 1.92 bits per heavy atom. The van der Waals surface area contributed by atoms with E-state index in [4.69, 9.17) is 4.74 Å². The topological polar surface area (TPSA) is 61.9 Å². The number of likely N-dealkylation sites (tertiary alicyclic amines) is 1. The second-order valence-electron chi connectivity index (χ2n) is 6.90. The fraction of sp³-hybridized carbons (Fsp3) is 0.579. The Balaban J connectivity index is 1.42. The summed E-state index contributed by atoms with van der Waals surface area (Å²) < 4.78 is 5.34. The van der Waals surface area contributed by atoms with Gasteiger partial charge in [-0.05, 0) is 12.5 Å². The molecule has 0 bridgehead atoms. The molecule has 2 amide bonds. The van der Waals surface area contributed by atoms with Gasteiger partial charge in [0.15, 0.2) is 0 Å². The molecule has 0 radical (unpaired) electrons. The normalized spacial score (nSPS) is 21.6. The Morgan fingerprint density at radius 1 is 1.20 bits per heavy atom. The summed E-state index contributed by atoms with van der Waals surface area (Å²) in [5, 5.41) is 2.96. The maximum atomic E-state index is 12.4. The smallest absolute Gasteiger partial charge is 0.225 e. The van der Waals surface area contributed by atoms with Gasteiger partial charge in [0.2, 0.25) is 11.8 Å². The molecule has 1 aromatic rings. The summed E-state index contributed by atoms with van der Waals surface area (Å²) in [6.45, 7) is 7.99. The predicted molar refractivity (Wildman–Crippen MR) is 95.0 cm³/mol. The van der Waals surface area contributed by atoms with E-state index >= 15 is 0 Å². The Kier molecular flexibility index (Phi) is 6.04. The number of hydrogen-bond donors (Lipinski definition) is 1. The highest BCUT2D eigenvalue weighted by atomic mass is 16.5. The summed E-state index contributed by atoms with van der Waals surface area (Å²) in [5.41, 5.74) is 2.28. The fourth-order valence-corrected chi connectivity index (χ4v) is 3.29. The molecule has 0 saturated carbocycles. The van der Waals surface area contributed by atoms with Gasteiger partial charge in [-0.15, -0.1) is 0 Å². The van der Waals surface area contributed by atoms with Crippen LogP contribution < -0.4 is 5.32 Å². The van der Waals surface area contributed by atoms with Gasteiger partial charge in [-0.25, -0.2) is 0 Å². The van der Waals surface area contributed by atoms with E-state index in [1.54, 1.807) is 0 Å². The molecule has 1 N–H and O–H groups in total. The molecule has 25 heavy (non-hydrogen) atoms. The molecular formula is C19H27N3O3. The van der Waals surface area contributed by atoms with Crippen molar-refractivity contribution in [2.75, 3.05) is 45.9 Å². The Bertz CT molecular complexity index is 596. The van der Waals surface area contributed by atoms with Crippen LogP contribution in [0.5, 0.6) is 0 Å². The number of aryl methyl sites for hydroxylation is 1. The number of benzene rings is 1. The van der Waals surface area contributed by atoms with Crippen molar-refractivity contribution >= 4 is 11.8 Å².